The van der Waals surface area contributed by atoms with Crippen LogP contribution in [0.4, 0.5) is 17.1 Å². The number of benzene rings is 2. The van der Waals surface area contributed by atoms with Gasteiger partial charge >= 0.3 is 0 Å². The van der Waals surface area contributed by atoms with Crippen LogP contribution in [-0.2, 0) is 5.41 Å². The zero-order chi connectivity index (χ0) is 14.5. The van der Waals surface area contributed by atoms with Crippen LogP contribution in [0.25, 0.3) is 0 Å². The summed E-state index contributed by atoms with van der Waals surface area (Å²) in [6.45, 7) is 4.22. The highest BCUT2D eigenvalue weighted by atomic mass is 16.6. The van der Waals surface area contributed by atoms with E-state index in [9.17, 15) is 10.1 Å². The number of hydrogen-bond donors (Lipinski definition) is 0. The molecule has 0 radical (unpaired) electrons. The van der Waals surface area contributed by atoms with E-state index in [0.717, 1.165) is 16.9 Å². The van der Waals surface area contributed by atoms with Crippen LogP contribution < -0.4 is 4.90 Å². The quantitative estimate of drug-likeness (QED) is 0.580. The first-order chi connectivity index (χ1) is 9.43. The minimum atomic E-state index is -0.336. The van der Waals surface area contributed by atoms with Crippen LogP contribution in [0.2, 0.25) is 0 Å². The van der Waals surface area contributed by atoms with E-state index in [1.54, 1.807) is 12.1 Å². The number of nitro groups is 1. The van der Waals surface area contributed by atoms with Crippen LogP contribution in [0.1, 0.15) is 25.0 Å². The maximum atomic E-state index is 11.0. The summed E-state index contributed by atoms with van der Waals surface area (Å²) >= 11 is 0. The third-order valence-electron chi connectivity index (χ3n) is 4.16. The Hall–Kier alpha value is -2.36. The summed E-state index contributed by atoms with van der Waals surface area (Å²) in [6.07, 6.45) is 0. The number of nitrogens with zero attached hydrogens (tertiary/aromatic N) is 2. The lowest BCUT2D eigenvalue weighted by atomic mass is 9.73. The fourth-order valence-corrected chi connectivity index (χ4v) is 3.00. The summed E-state index contributed by atoms with van der Waals surface area (Å²) in [6, 6.07) is 13.3. The van der Waals surface area contributed by atoms with E-state index in [4.69, 9.17) is 0 Å². The fourth-order valence-electron chi connectivity index (χ4n) is 3.00. The number of nitro benzene ring substituents is 1. The zero-order valence-corrected chi connectivity index (χ0v) is 11.8. The number of non-ortho nitro benzene ring substituents is 1. The SMILES string of the molecule is CN1c2ccccc2C(C)(C)c2cc([N+](=O)[O-])ccc21. The largest absolute Gasteiger partial charge is 0.344 e. The van der Waals surface area contributed by atoms with Gasteiger partial charge in [0.15, 0.2) is 0 Å². The fraction of sp³-hybridized carbons (Fsp3) is 0.250. The van der Waals surface area contributed by atoms with Gasteiger partial charge in [-0.3, -0.25) is 10.1 Å². The lowest BCUT2D eigenvalue weighted by Gasteiger charge is -2.40. The van der Waals surface area contributed by atoms with Crippen molar-refractivity contribution < 1.29 is 4.92 Å². The van der Waals surface area contributed by atoms with E-state index in [2.05, 4.69) is 30.9 Å². The Morgan fingerprint density at radius 1 is 1.05 bits per heavy atom. The molecule has 1 heterocycles. The van der Waals surface area contributed by atoms with Gasteiger partial charge in [0.05, 0.1) is 4.92 Å². The third-order valence-corrected chi connectivity index (χ3v) is 4.16. The second kappa shape index (κ2) is 4.07. The van der Waals surface area contributed by atoms with Crippen molar-refractivity contribution in [3.05, 3.63) is 63.7 Å². The van der Waals surface area contributed by atoms with Crippen molar-refractivity contribution in [2.24, 2.45) is 0 Å². The Kier molecular flexibility index (Phi) is 2.57. The van der Waals surface area contributed by atoms with Crippen molar-refractivity contribution in [1.82, 2.24) is 0 Å². The van der Waals surface area contributed by atoms with Crippen molar-refractivity contribution >= 4 is 17.1 Å². The van der Waals surface area contributed by atoms with Gasteiger partial charge in [0, 0.05) is 36.0 Å². The summed E-state index contributed by atoms with van der Waals surface area (Å²) in [7, 11) is 2.00. The van der Waals surface area contributed by atoms with Crippen LogP contribution in [0, 0.1) is 10.1 Å². The Morgan fingerprint density at radius 3 is 2.40 bits per heavy atom. The minimum Gasteiger partial charge on any atom is -0.344 e. The average Bonchev–Trinajstić information content (AvgIpc) is 2.44. The van der Waals surface area contributed by atoms with Crippen LogP contribution >= 0.6 is 0 Å². The lowest BCUT2D eigenvalue weighted by molar-refractivity contribution is -0.384. The molecule has 0 atom stereocenters. The zero-order valence-electron chi connectivity index (χ0n) is 11.8. The van der Waals surface area contributed by atoms with E-state index in [1.807, 2.05) is 25.2 Å². The average molecular weight is 268 g/mol. The minimum absolute atomic E-state index is 0.143. The molecule has 4 nitrogen and oxygen atoms in total. The van der Waals surface area contributed by atoms with Crippen molar-refractivity contribution in [2.75, 3.05) is 11.9 Å². The van der Waals surface area contributed by atoms with Gasteiger partial charge < -0.3 is 4.90 Å². The molecule has 2 aromatic carbocycles. The molecule has 1 aliphatic rings. The standard InChI is InChI=1S/C16H16N2O2/c1-16(2)12-6-4-5-7-14(12)17(3)15-9-8-11(18(19)20)10-13(15)16/h4-10H,1-3H3. The topological polar surface area (TPSA) is 46.4 Å². The van der Waals surface area contributed by atoms with E-state index in [-0.39, 0.29) is 16.0 Å². The molecule has 0 aromatic heterocycles. The molecule has 0 N–H and O–H groups in total. The molecule has 0 unspecified atom stereocenters. The molecule has 20 heavy (non-hydrogen) atoms. The summed E-state index contributed by atoms with van der Waals surface area (Å²) in [5, 5.41) is 11.0. The van der Waals surface area contributed by atoms with E-state index in [0.29, 0.717) is 0 Å². The monoisotopic (exact) mass is 268 g/mol. The third kappa shape index (κ3) is 1.61. The second-order valence-corrected chi connectivity index (χ2v) is 5.66. The van der Waals surface area contributed by atoms with Gasteiger partial charge in [0.1, 0.15) is 0 Å². The van der Waals surface area contributed by atoms with Gasteiger partial charge in [-0.25, -0.2) is 0 Å². The van der Waals surface area contributed by atoms with Gasteiger partial charge in [0.2, 0.25) is 0 Å². The molecule has 4 heteroatoms. The highest BCUT2D eigenvalue weighted by molar-refractivity contribution is 5.78. The van der Waals surface area contributed by atoms with Crippen molar-refractivity contribution in [3.8, 4) is 0 Å². The molecule has 102 valence electrons. The Balaban J connectivity index is 2.29. The van der Waals surface area contributed by atoms with Crippen LogP contribution in [-0.4, -0.2) is 12.0 Å². The Bertz CT molecular complexity index is 707. The van der Waals surface area contributed by atoms with Crippen molar-refractivity contribution in [1.29, 1.82) is 0 Å². The summed E-state index contributed by atoms with van der Waals surface area (Å²) in [5.74, 6) is 0. The number of rotatable bonds is 1. The highest BCUT2D eigenvalue weighted by Gasteiger charge is 2.35. The highest BCUT2D eigenvalue weighted by Crippen LogP contribution is 2.48. The van der Waals surface area contributed by atoms with Crippen LogP contribution in [0.5, 0.6) is 0 Å². The van der Waals surface area contributed by atoms with E-state index < -0.39 is 0 Å². The van der Waals surface area contributed by atoms with Crippen LogP contribution in [0.15, 0.2) is 42.5 Å². The Morgan fingerprint density at radius 2 is 1.70 bits per heavy atom. The van der Waals surface area contributed by atoms with E-state index >= 15 is 0 Å². The number of para-hydroxylation sites is 1. The molecular weight excluding hydrogens is 252 g/mol. The van der Waals surface area contributed by atoms with Gasteiger partial charge in [0.25, 0.3) is 5.69 Å². The van der Waals surface area contributed by atoms with Crippen LogP contribution in [0.3, 0.4) is 0 Å². The number of fused-ring (bicyclic) bond motifs is 2. The molecule has 2 aromatic rings. The maximum Gasteiger partial charge on any atom is 0.269 e. The molecular formula is C16H16N2O2. The molecule has 0 bridgehead atoms. The smallest absolute Gasteiger partial charge is 0.269 e. The molecule has 1 aliphatic heterocycles. The summed E-state index contributed by atoms with van der Waals surface area (Å²) in [5.41, 5.74) is 4.26. The van der Waals surface area contributed by atoms with Gasteiger partial charge in [-0.1, -0.05) is 32.0 Å². The molecule has 0 saturated carbocycles. The predicted molar refractivity (Wildman–Crippen MR) is 79.7 cm³/mol. The summed E-state index contributed by atoms with van der Waals surface area (Å²) in [4.78, 5) is 12.8. The molecule has 0 spiro atoms. The summed E-state index contributed by atoms with van der Waals surface area (Å²) < 4.78 is 0. The first-order valence-electron chi connectivity index (χ1n) is 6.55. The molecule has 0 saturated heterocycles. The molecule has 0 fully saturated rings. The van der Waals surface area contributed by atoms with Crippen molar-refractivity contribution in [2.45, 2.75) is 19.3 Å². The van der Waals surface area contributed by atoms with Gasteiger partial charge in [-0.2, -0.15) is 0 Å². The molecule has 3 rings (SSSR count). The first kappa shape index (κ1) is 12.7. The van der Waals surface area contributed by atoms with E-state index in [1.165, 1.54) is 5.56 Å². The normalized spacial score (nSPS) is 15.4. The first-order valence-corrected chi connectivity index (χ1v) is 6.55. The Labute approximate surface area is 117 Å². The number of hydrogen-bond acceptors (Lipinski definition) is 3. The maximum absolute atomic E-state index is 11.0. The van der Waals surface area contributed by atoms with Gasteiger partial charge in [-0.15, -0.1) is 0 Å². The molecule has 0 amide bonds. The number of anilines is 2. The predicted octanol–water partition coefficient (Wildman–Crippen LogP) is 4.00. The van der Waals surface area contributed by atoms with Crippen molar-refractivity contribution in [3.63, 3.8) is 0 Å². The molecule has 0 aliphatic carbocycles. The second-order valence-electron chi connectivity index (χ2n) is 5.66. The van der Waals surface area contributed by atoms with Gasteiger partial charge in [-0.05, 0) is 23.3 Å². The lowest BCUT2D eigenvalue weighted by Crippen LogP contribution is -2.30.